The molecule has 180 valence electrons. The lowest BCUT2D eigenvalue weighted by atomic mass is 10.0. The summed E-state index contributed by atoms with van der Waals surface area (Å²) in [6, 6.07) is 17.4. The van der Waals surface area contributed by atoms with E-state index in [1.165, 1.54) is 33.5 Å². The van der Waals surface area contributed by atoms with E-state index in [9.17, 15) is 19.1 Å². The van der Waals surface area contributed by atoms with Crippen molar-refractivity contribution >= 4 is 34.7 Å². The first-order valence-corrected chi connectivity index (χ1v) is 11.6. The largest absolute Gasteiger partial charge is 0.858 e. The fourth-order valence-electron chi connectivity index (χ4n) is 4.22. The highest BCUT2D eigenvalue weighted by Crippen LogP contribution is 2.37. The Hall–Kier alpha value is -4.30. The number of aryl methyl sites for hydroxylation is 1. The molecule has 0 atom stereocenters. The Balaban J connectivity index is 1.69. The number of hydrogen-bond acceptors (Lipinski definition) is 4. The molecule has 5 rings (SSSR count). The predicted octanol–water partition coefficient (Wildman–Crippen LogP) is 3.53. The standard InChI is InChI=1S/C27H20ClFN4O3/c1-2-21-22(26(35)33(30-21)20-8-6-7-18(28)15-20)23-24(31-13-4-3-5-14-31)27(36)32(25(23)34)16-17-9-11-19(29)12-10-17/h3-15H,2,16H2,1H3. The molecule has 36 heavy (non-hydrogen) atoms. The summed E-state index contributed by atoms with van der Waals surface area (Å²) in [4.78, 5) is 28.4. The monoisotopic (exact) mass is 502 g/mol. The molecular weight excluding hydrogens is 483 g/mol. The van der Waals surface area contributed by atoms with Gasteiger partial charge in [0.1, 0.15) is 11.4 Å². The minimum Gasteiger partial charge on any atom is -0.858 e. The van der Waals surface area contributed by atoms with Gasteiger partial charge in [-0.15, -0.1) is 0 Å². The quantitative estimate of drug-likeness (QED) is 0.298. The molecule has 1 aliphatic rings. The van der Waals surface area contributed by atoms with Gasteiger partial charge in [0.2, 0.25) is 0 Å². The van der Waals surface area contributed by atoms with Crippen molar-refractivity contribution in [2.45, 2.75) is 19.9 Å². The Morgan fingerprint density at radius 3 is 2.39 bits per heavy atom. The molecule has 0 saturated heterocycles. The number of pyridine rings is 1. The second-order valence-corrected chi connectivity index (χ2v) is 8.64. The van der Waals surface area contributed by atoms with Crippen LogP contribution >= 0.6 is 11.6 Å². The highest BCUT2D eigenvalue weighted by molar-refractivity contribution is 6.44. The Labute approximate surface area is 211 Å². The van der Waals surface area contributed by atoms with E-state index in [-0.39, 0.29) is 23.4 Å². The summed E-state index contributed by atoms with van der Waals surface area (Å²) >= 11 is 6.12. The maximum absolute atomic E-state index is 13.8. The Morgan fingerprint density at radius 1 is 1.00 bits per heavy atom. The van der Waals surface area contributed by atoms with Crippen LogP contribution in [0.15, 0.2) is 79.1 Å². The minimum atomic E-state index is -0.617. The van der Waals surface area contributed by atoms with Crippen LogP contribution in [0, 0.1) is 5.82 Å². The van der Waals surface area contributed by atoms with Gasteiger partial charge < -0.3 is 5.11 Å². The van der Waals surface area contributed by atoms with Crippen LogP contribution in [-0.4, -0.2) is 26.5 Å². The van der Waals surface area contributed by atoms with Crippen molar-refractivity contribution in [1.29, 1.82) is 0 Å². The number of carbonyl (C=O) groups is 2. The smallest absolute Gasteiger partial charge is 0.327 e. The van der Waals surface area contributed by atoms with Gasteiger partial charge in [0.05, 0.1) is 17.9 Å². The summed E-state index contributed by atoms with van der Waals surface area (Å²) in [6.45, 7) is 1.75. The average molecular weight is 503 g/mol. The van der Waals surface area contributed by atoms with Gasteiger partial charge in [0.15, 0.2) is 12.4 Å². The summed E-state index contributed by atoms with van der Waals surface area (Å²) in [7, 11) is 0. The molecule has 4 aromatic rings. The van der Waals surface area contributed by atoms with E-state index in [2.05, 4.69) is 5.10 Å². The molecule has 3 heterocycles. The molecule has 0 fully saturated rings. The molecule has 0 saturated carbocycles. The molecular formula is C27H20ClFN4O3. The van der Waals surface area contributed by atoms with Crippen LogP contribution in [0.25, 0.3) is 17.0 Å². The summed E-state index contributed by atoms with van der Waals surface area (Å²) in [5.41, 5.74) is 1.51. The maximum Gasteiger partial charge on any atom is 0.327 e. The molecule has 0 bridgehead atoms. The van der Waals surface area contributed by atoms with Gasteiger partial charge in [-0.3, -0.25) is 14.5 Å². The summed E-state index contributed by atoms with van der Waals surface area (Å²) in [6.07, 6.45) is 3.63. The average Bonchev–Trinajstić information content (AvgIpc) is 3.33. The number of carbonyl (C=O) groups excluding carboxylic acids is 2. The molecule has 1 aliphatic heterocycles. The zero-order chi connectivity index (χ0) is 25.4. The maximum atomic E-state index is 13.8. The highest BCUT2D eigenvalue weighted by Gasteiger charge is 2.46. The topological polar surface area (TPSA) is 82.1 Å². The number of imide groups is 1. The third-order valence-corrected chi connectivity index (χ3v) is 6.16. The Kier molecular flexibility index (Phi) is 6.12. The van der Waals surface area contributed by atoms with E-state index in [0.717, 1.165) is 4.90 Å². The molecule has 2 aromatic carbocycles. The molecule has 0 aliphatic carbocycles. The van der Waals surface area contributed by atoms with Gasteiger partial charge >= 0.3 is 5.91 Å². The molecule has 0 unspecified atom stereocenters. The second-order valence-electron chi connectivity index (χ2n) is 8.20. The molecule has 0 N–H and O–H groups in total. The Bertz CT molecular complexity index is 1510. The lowest BCUT2D eigenvalue weighted by molar-refractivity contribution is -0.576. The van der Waals surface area contributed by atoms with Crippen LogP contribution in [0.4, 0.5) is 4.39 Å². The first kappa shape index (κ1) is 23.4. The number of aromatic nitrogens is 3. The van der Waals surface area contributed by atoms with Crippen molar-refractivity contribution in [1.82, 2.24) is 14.7 Å². The van der Waals surface area contributed by atoms with Crippen molar-refractivity contribution in [3.8, 4) is 11.6 Å². The highest BCUT2D eigenvalue weighted by atomic mass is 35.5. The lowest BCUT2D eigenvalue weighted by Gasteiger charge is -2.16. The third-order valence-electron chi connectivity index (χ3n) is 5.92. The van der Waals surface area contributed by atoms with Gasteiger partial charge in [0.25, 0.3) is 11.6 Å². The first-order chi connectivity index (χ1) is 17.4. The number of benzene rings is 2. The van der Waals surface area contributed by atoms with Gasteiger partial charge in [-0.05, 0) is 48.2 Å². The van der Waals surface area contributed by atoms with E-state index in [1.54, 1.807) is 54.9 Å². The predicted molar refractivity (Wildman–Crippen MR) is 129 cm³/mol. The summed E-state index contributed by atoms with van der Waals surface area (Å²) in [5, 5.41) is 18.6. The van der Waals surface area contributed by atoms with Crippen molar-refractivity contribution in [2.75, 3.05) is 0 Å². The lowest BCUT2D eigenvalue weighted by Crippen LogP contribution is -2.39. The number of rotatable bonds is 6. The van der Waals surface area contributed by atoms with Crippen LogP contribution in [0.3, 0.4) is 0 Å². The first-order valence-electron chi connectivity index (χ1n) is 11.3. The number of halogens is 2. The molecule has 0 radical (unpaired) electrons. The summed E-state index contributed by atoms with van der Waals surface area (Å²) in [5.74, 6) is -2.13. The van der Waals surface area contributed by atoms with Crippen LogP contribution in [0.1, 0.15) is 23.7 Å². The van der Waals surface area contributed by atoms with Crippen molar-refractivity contribution in [2.24, 2.45) is 0 Å². The van der Waals surface area contributed by atoms with Gasteiger partial charge in [-0.25, -0.2) is 9.07 Å². The molecule has 9 heteroatoms. The summed E-state index contributed by atoms with van der Waals surface area (Å²) < 4.78 is 16.1. The van der Waals surface area contributed by atoms with Crippen LogP contribution in [-0.2, 0) is 22.6 Å². The number of nitrogens with zero attached hydrogens (tertiary/aromatic N) is 4. The van der Waals surface area contributed by atoms with Crippen molar-refractivity contribution in [3.63, 3.8) is 0 Å². The zero-order valence-electron chi connectivity index (χ0n) is 19.2. The second kappa shape index (κ2) is 9.39. The van der Waals surface area contributed by atoms with Gasteiger partial charge in [0, 0.05) is 22.7 Å². The SMILES string of the molecule is CCc1nn(-c2cccc(Cl)c2)c([O-])c1C1=C([n+]2ccccc2)C(=O)N(Cc2ccc(F)cc2)C1=O. The van der Waals surface area contributed by atoms with E-state index in [4.69, 9.17) is 11.6 Å². The fraction of sp³-hybridized carbons (Fsp3) is 0.111. The van der Waals surface area contributed by atoms with Crippen molar-refractivity contribution in [3.05, 3.63) is 107 Å². The third kappa shape index (κ3) is 4.05. The Morgan fingerprint density at radius 2 is 1.72 bits per heavy atom. The number of hydrogen-bond donors (Lipinski definition) is 0. The van der Waals surface area contributed by atoms with E-state index in [0.29, 0.717) is 28.4 Å². The van der Waals surface area contributed by atoms with E-state index < -0.39 is 23.5 Å². The van der Waals surface area contributed by atoms with Crippen LogP contribution in [0.2, 0.25) is 5.02 Å². The van der Waals surface area contributed by atoms with Crippen LogP contribution < -0.4 is 9.67 Å². The molecule has 2 amide bonds. The zero-order valence-corrected chi connectivity index (χ0v) is 19.9. The molecule has 2 aromatic heterocycles. The fourth-order valence-corrected chi connectivity index (χ4v) is 4.40. The molecule has 7 nitrogen and oxygen atoms in total. The van der Waals surface area contributed by atoms with Crippen LogP contribution in [0.5, 0.6) is 5.88 Å². The normalized spacial score (nSPS) is 13.7. The van der Waals surface area contributed by atoms with E-state index in [1.807, 2.05) is 6.92 Å². The van der Waals surface area contributed by atoms with E-state index >= 15 is 0 Å². The van der Waals surface area contributed by atoms with Gasteiger partial charge in [-0.2, -0.15) is 9.67 Å². The number of amides is 2. The molecule has 0 spiro atoms. The minimum absolute atomic E-state index is 0.0200. The van der Waals surface area contributed by atoms with Crippen molar-refractivity contribution < 1.29 is 23.7 Å². The van der Waals surface area contributed by atoms with Gasteiger partial charge in [-0.1, -0.05) is 42.8 Å².